The van der Waals surface area contributed by atoms with Gasteiger partial charge in [-0.3, -0.25) is 0 Å². The topological polar surface area (TPSA) is 127 Å². The maximum absolute atomic E-state index is 11.0. The summed E-state index contributed by atoms with van der Waals surface area (Å²) < 4.78 is 8.10. The quantitative estimate of drug-likeness (QED) is 0.267. The van der Waals surface area contributed by atoms with Crippen molar-refractivity contribution < 1.29 is 38.9 Å². The number of hydrogen-bond acceptors (Lipinski definition) is 6. The third-order valence-corrected chi connectivity index (χ3v) is 1.46. The van der Waals surface area contributed by atoms with Crippen LogP contribution in [0.1, 0.15) is 0 Å². The Kier molecular flexibility index (Phi) is 4.67. The van der Waals surface area contributed by atoms with Crippen LogP contribution in [0, 0.1) is 0 Å². The van der Waals surface area contributed by atoms with E-state index in [0.717, 1.165) is 14.2 Å². The number of carbonyl (C=O) groups is 4. The second-order valence-electron chi connectivity index (χ2n) is 2.34. The molecule has 0 radical (unpaired) electrons. The molecule has 16 heavy (non-hydrogen) atoms. The van der Waals surface area contributed by atoms with Gasteiger partial charge in [-0.1, -0.05) is 0 Å². The molecule has 0 aromatic heterocycles. The van der Waals surface area contributed by atoms with Gasteiger partial charge >= 0.3 is 23.9 Å². The van der Waals surface area contributed by atoms with Crippen LogP contribution in [0.25, 0.3) is 0 Å². The Morgan fingerprint density at radius 2 is 1.00 bits per heavy atom. The van der Waals surface area contributed by atoms with Crippen LogP contribution in [0.5, 0.6) is 0 Å². The van der Waals surface area contributed by atoms with Crippen LogP contribution in [0.15, 0.2) is 11.1 Å². The van der Waals surface area contributed by atoms with Gasteiger partial charge in [0, 0.05) is 0 Å². The van der Waals surface area contributed by atoms with Gasteiger partial charge in [0.15, 0.2) is 11.1 Å². The molecule has 0 aromatic carbocycles. The normalized spacial score (nSPS) is 11.1. The molecule has 0 saturated carbocycles. The van der Waals surface area contributed by atoms with Crippen LogP contribution >= 0.6 is 0 Å². The Morgan fingerprint density at radius 3 is 1.12 bits per heavy atom. The summed E-state index contributed by atoms with van der Waals surface area (Å²) in [6, 6.07) is 0. The summed E-state index contributed by atoms with van der Waals surface area (Å²) in [7, 11) is 1.70. The predicted octanol–water partition coefficient (Wildman–Crippen LogP) is -1.20. The summed E-state index contributed by atoms with van der Waals surface area (Å²) in [5.74, 6) is -6.69. The van der Waals surface area contributed by atoms with Crippen molar-refractivity contribution in [2.45, 2.75) is 0 Å². The highest BCUT2D eigenvalue weighted by molar-refractivity contribution is 6.27. The molecule has 0 saturated heterocycles. The van der Waals surface area contributed by atoms with Crippen LogP contribution in [0.2, 0.25) is 0 Å². The van der Waals surface area contributed by atoms with Gasteiger partial charge in [-0.2, -0.15) is 0 Å². The van der Waals surface area contributed by atoms with E-state index in [2.05, 4.69) is 9.47 Å². The molecule has 0 rings (SSSR count). The lowest BCUT2D eigenvalue weighted by Crippen LogP contribution is -2.25. The minimum absolute atomic E-state index is 0.849. The number of ether oxygens (including phenoxy) is 2. The van der Waals surface area contributed by atoms with E-state index < -0.39 is 35.0 Å². The summed E-state index contributed by atoms with van der Waals surface area (Å²) in [5.41, 5.74) is -2.58. The molecular weight excluding hydrogens is 224 g/mol. The lowest BCUT2D eigenvalue weighted by molar-refractivity contribution is -0.148. The second kappa shape index (κ2) is 5.49. The van der Waals surface area contributed by atoms with Gasteiger partial charge in [0.1, 0.15) is 0 Å². The van der Waals surface area contributed by atoms with Crippen LogP contribution in [0.4, 0.5) is 0 Å². The number of methoxy groups -OCH3 is 2. The number of carbonyl (C=O) groups excluding carboxylic acids is 2. The highest BCUT2D eigenvalue weighted by atomic mass is 16.5. The molecule has 0 fully saturated rings. The zero-order valence-electron chi connectivity index (χ0n) is 8.34. The minimum atomic E-state index is -1.89. The predicted molar refractivity (Wildman–Crippen MR) is 46.3 cm³/mol. The van der Waals surface area contributed by atoms with Gasteiger partial charge in [-0.25, -0.2) is 19.2 Å². The first-order valence-corrected chi connectivity index (χ1v) is 3.74. The number of carboxylic acid groups (broad SMARTS) is 2. The molecule has 0 aliphatic rings. The van der Waals surface area contributed by atoms with E-state index >= 15 is 0 Å². The standard InChI is InChI=1S/C8H8O8/c1-15-7(13)3(5(9)10)4(6(11)12)8(14)16-2/h1-2H3,(H,9,10)(H,11,12)/b4-3-. The summed E-state index contributed by atoms with van der Waals surface area (Å²) in [4.78, 5) is 43.2. The molecule has 0 aromatic rings. The van der Waals surface area contributed by atoms with Crippen molar-refractivity contribution in [3.63, 3.8) is 0 Å². The van der Waals surface area contributed by atoms with Gasteiger partial charge in [0.2, 0.25) is 0 Å². The molecule has 0 aliphatic carbocycles. The number of rotatable bonds is 4. The fourth-order valence-corrected chi connectivity index (χ4v) is 0.797. The average Bonchev–Trinajstić information content (AvgIpc) is 2.22. The second-order valence-corrected chi connectivity index (χ2v) is 2.34. The molecule has 0 heterocycles. The first kappa shape index (κ1) is 13.6. The maximum Gasteiger partial charge on any atom is 0.346 e. The Labute approximate surface area is 89.1 Å². The molecule has 0 spiro atoms. The first-order valence-electron chi connectivity index (χ1n) is 3.74. The van der Waals surface area contributed by atoms with E-state index in [-0.39, 0.29) is 0 Å². The summed E-state index contributed by atoms with van der Waals surface area (Å²) in [6.07, 6.45) is 0. The van der Waals surface area contributed by atoms with E-state index in [1.165, 1.54) is 0 Å². The number of esters is 2. The molecule has 8 nitrogen and oxygen atoms in total. The lowest BCUT2D eigenvalue weighted by atomic mass is 10.1. The van der Waals surface area contributed by atoms with Crippen molar-refractivity contribution >= 4 is 23.9 Å². The highest BCUT2D eigenvalue weighted by Crippen LogP contribution is 2.09. The molecule has 0 bridgehead atoms. The average molecular weight is 232 g/mol. The van der Waals surface area contributed by atoms with Crippen molar-refractivity contribution in [3.05, 3.63) is 11.1 Å². The third kappa shape index (κ3) is 2.80. The molecule has 8 heteroatoms. The van der Waals surface area contributed by atoms with E-state index in [1.54, 1.807) is 0 Å². The summed E-state index contributed by atoms with van der Waals surface area (Å²) >= 11 is 0. The van der Waals surface area contributed by atoms with Crippen molar-refractivity contribution in [2.24, 2.45) is 0 Å². The van der Waals surface area contributed by atoms with Crippen molar-refractivity contribution in [2.75, 3.05) is 14.2 Å². The SMILES string of the molecule is COC(=O)/C(C(=O)O)=C(/C(=O)O)C(=O)OC. The first-order chi connectivity index (χ1) is 7.36. The van der Waals surface area contributed by atoms with Crippen LogP contribution in [-0.4, -0.2) is 48.3 Å². The van der Waals surface area contributed by atoms with Crippen molar-refractivity contribution in [1.82, 2.24) is 0 Å². The molecule has 0 aliphatic heterocycles. The van der Waals surface area contributed by atoms with E-state index in [0.29, 0.717) is 0 Å². The van der Waals surface area contributed by atoms with Gasteiger partial charge < -0.3 is 19.7 Å². The fourth-order valence-electron chi connectivity index (χ4n) is 0.797. The van der Waals surface area contributed by atoms with E-state index in [9.17, 15) is 19.2 Å². The fraction of sp³-hybridized carbons (Fsp3) is 0.250. The summed E-state index contributed by atoms with van der Waals surface area (Å²) in [5, 5.41) is 17.2. The third-order valence-electron chi connectivity index (χ3n) is 1.46. The Morgan fingerprint density at radius 1 is 0.750 bits per heavy atom. The van der Waals surface area contributed by atoms with Crippen LogP contribution < -0.4 is 0 Å². The number of hydrogen-bond donors (Lipinski definition) is 2. The monoisotopic (exact) mass is 232 g/mol. The maximum atomic E-state index is 11.0. The van der Waals surface area contributed by atoms with Gasteiger partial charge in [-0.05, 0) is 0 Å². The van der Waals surface area contributed by atoms with Crippen molar-refractivity contribution in [1.29, 1.82) is 0 Å². The molecule has 0 unspecified atom stereocenters. The smallest absolute Gasteiger partial charge is 0.346 e. The van der Waals surface area contributed by atoms with Crippen molar-refractivity contribution in [3.8, 4) is 0 Å². The van der Waals surface area contributed by atoms with Gasteiger partial charge in [0.05, 0.1) is 14.2 Å². The number of aliphatic carboxylic acids is 2. The van der Waals surface area contributed by atoms with Gasteiger partial charge in [-0.15, -0.1) is 0 Å². The van der Waals surface area contributed by atoms with Crippen LogP contribution in [0.3, 0.4) is 0 Å². The summed E-state index contributed by atoms with van der Waals surface area (Å²) in [6.45, 7) is 0. The van der Waals surface area contributed by atoms with Gasteiger partial charge in [0.25, 0.3) is 0 Å². The van der Waals surface area contributed by atoms with Crippen LogP contribution in [-0.2, 0) is 28.7 Å². The molecule has 0 atom stereocenters. The van der Waals surface area contributed by atoms with E-state index in [4.69, 9.17) is 10.2 Å². The largest absolute Gasteiger partial charge is 0.477 e. The Hall–Kier alpha value is -2.38. The minimum Gasteiger partial charge on any atom is -0.477 e. The molecule has 2 N–H and O–H groups in total. The Balaban J connectivity index is 5.83. The zero-order valence-corrected chi connectivity index (χ0v) is 8.34. The van der Waals surface area contributed by atoms with E-state index in [1.807, 2.05) is 0 Å². The lowest BCUT2D eigenvalue weighted by Gasteiger charge is -2.04. The molecular formula is C8H8O8. The Bertz CT molecular complexity index is 341. The zero-order chi connectivity index (χ0) is 12.9. The molecule has 88 valence electrons. The highest BCUT2D eigenvalue weighted by Gasteiger charge is 2.33. The number of carboxylic acids is 2. The molecule has 0 amide bonds.